The third-order valence-electron chi connectivity index (χ3n) is 3.97. The highest BCUT2D eigenvalue weighted by Crippen LogP contribution is 2.41. The summed E-state index contributed by atoms with van der Waals surface area (Å²) < 4.78 is 3.43. The monoisotopic (exact) mass is 283 g/mol. The molecule has 1 aromatic rings. The number of aromatic nitrogens is 2. The molecule has 88 valence electrons. The number of aryl methyl sites for hydroxylation is 1. The van der Waals surface area contributed by atoms with Gasteiger partial charge in [-0.2, -0.15) is 5.10 Å². The Morgan fingerprint density at radius 3 is 3.06 bits per heavy atom. The van der Waals surface area contributed by atoms with Gasteiger partial charge in [-0.25, -0.2) is 4.68 Å². The van der Waals surface area contributed by atoms with Gasteiger partial charge in [0.25, 0.3) is 0 Å². The molecule has 4 heteroatoms. The van der Waals surface area contributed by atoms with Crippen LogP contribution in [0.15, 0.2) is 4.47 Å². The molecule has 0 spiro atoms. The summed E-state index contributed by atoms with van der Waals surface area (Å²) >= 11 is 3.67. The standard InChI is InChI=1S/C12H18BrN3/c1-2-9-11(13)12-14-7-8-5-3-4-6-10(8)16(12)15-9/h8,10,14H,2-7H2,1H3. The van der Waals surface area contributed by atoms with Crippen LogP contribution >= 0.6 is 15.9 Å². The molecular formula is C12H18BrN3. The lowest BCUT2D eigenvalue weighted by atomic mass is 9.83. The zero-order valence-electron chi connectivity index (χ0n) is 9.67. The molecule has 0 radical (unpaired) electrons. The van der Waals surface area contributed by atoms with Gasteiger partial charge in [0, 0.05) is 6.54 Å². The summed E-state index contributed by atoms with van der Waals surface area (Å²) in [5.74, 6) is 2.00. The Balaban J connectivity index is 2.01. The van der Waals surface area contributed by atoms with Gasteiger partial charge in [-0.3, -0.25) is 0 Å². The lowest BCUT2D eigenvalue weighted by Gasteiger charge is -2.37. The van der Waals surface area contributed by atoms with E-state index in [1.807, 2.05) is 0 Å². The second kappa shape index (κ2) is 4.06. The van der Waals surface area contributed by atoms with Crippen LogP contribution in [0.4, 0.5) is 5.82 Å². The summed E-state index contributed by atoms with van der Waals surface area (Å²) in [7, 11) is 0. The van der Waals surface area contributed by atoms with Crippen LogP contribution in [0.25, 0.3) is 0 Å². The molecule has 0 amide bonds. The van der Waals surface area contributed by atoms with E-state index in [1.54, 1.807) is 0 Å². The second-order valence-corrected chi connectivity index (χ2v) is 5.69. The summed E-state index contributed by atoms with van der Waals surface area (Å²) in [4.78, 5) is 0. The van der Waals surface area contributed by atoms with Gasteiger partial charge in [0.1, 0.15) is 5.82 Å². The van der Waals surface area contributed by atoms with Crippen molar-refractivity contribution in [1.82, 2.24) is 9.78 Å². The lowest BCUT2D eigenvalue weighted by molar-refractivity contribution is 0.222. The van der Waals surface area contributed by atoms with Crippen LogP contribution in [0.3, 0.4) is 0 Å². The fourth-order valence-electron chi connectivity index (χ4n) is 3.06. The SMILES string of the molecule is CCc1nn2c(c1Br)NCC1CCCCC12. The molecule has 1 aliphatic carbocycles. The number of fused-ring (bicyclic) bond motifs is 3. The van der Waals surface area contributed by atoms with Gasteiger partial charge in [-0.15, -0.1) is 0 Å². The molecule has 1 saturated carbocycles. The third-order valence-corrected chi connectivity index (χ3v) is 4.80. The van der Waals surface area contributed by atoms with Crippen LogP contribution < -0.4 is 5.32 Å². The predicted molar refractivity (Wildman–Crippen MR) is 68.8 cm³/mol. The molecule has 1 N–H and O–H groups in total. The Hall–Kier alpha value is -0.510. The number of rotatable bonds is 1. The Morgan fingerprint density at radius 2 is 2.25 bits per heavy atom. The van der Waals surface area contributed by atoms with Gasteiger partial charge in [-0.1, -0.05) is 19.8 Å². The van der Waals surface area contributed by atoms with Gasteiger partial charge in [0.05, 0.1) is 16.2 Å². The molecular weight excluding hydrogens is 266 g/mol. The topological polar surface area (TPSA) is 29.9 Å². The Bertz CT molecular complexity index is 399. The maximum absolute atomic E-state index is 4.76. The Labute approximate surface area is 105 Å². The summed E-state index contributed by atoms with van der Waals surface area (Å²) in [5.41, 5.74) is 1.19. The molecule has 16 heavy (non-hydrogen) atoms. The summed E-state index contributed by atoms with van der Waals surface area (Å²) in [6.45, 7) is 3.29. The fraction of sp³-hybridized carbons (Fsp3) is 0.750. The molecule has 2 heterocycles. The normalized spacial score (nSPS) is 28.1. The average Bonchev–Trinajstić information content (AvgIpc) is 2.67. The van der Waals surface area contributed by atoms with Gasteiger partial charge >= 0.3 is 0 Å². The molecule has 3 nitrogen and oxygen atoms in total. The Kier molecular flexibility index (Phi) is 2.70. The zero-order chi connectivity index (χ0) is 11.1. The first-order chi connectivity index (χ1) is 7.81. The van der Waals surface area contributed by atoms with E-state index in [0.717, 1.165) is 18.9 Å². The number of nitrogens with zero attached hydrogens (tertiary/aromatic N) is 2. The van der Waals surface area contributed by atoms with Crippen molar-refractivity contribution in [3.63, 3.8) is 0 Å². The van der Waals surface area contributed by atoms with E-state index >= 15 is 0 Å². The molecule has 2 atom stereocenters. The number of hydrogen-bond acceptors (Lipinski definition) is 2. The smallest absolute Gasteiger partial charge is 0.139 e. The average molecular weight is 284 g/mol. The highest BCUT2D eigenvalue weighted by Gasteiger charge is 2.33. The maximum Gasteiger partial charge on any atom is 0.139 e. The van der Waals surface area contributed by atoms with Crippen molar-refractivity contribution >= 4 is 21.7 Å². The fourth-order valence-corrected chi connectivity index (χ4v) is 3.74. The van der Waals surface area contributed by atoms with E-state index in [2.05, 4.69) is 32.9 Å². The van der Waals surface area contributed by atoms with Crippen LogP contribution in [0.2, 0.25) is 0 Å². The van der Waals surface area contributed by atoms with Gasteiger partial charge in [-0.05, 0) is 41.1 Å². The van der Waals surface area contributed by atoms with Gasteiger partial charge in [0.2, 0.25) is 0 Å². The number of halogens is 1. The van der Waals surface area contributed by atoms with Crippen molar-refractivity contribution in [2.45, 2.75) is 45.1 Å². The van der Waals surface area contributed by atoms with Crippen molar-refractivity contribution in [2.75, 3.05) is 11.9 Å². The number of nitrogens with one attached hydrogen (secondary N) is 1. The van der Waals surface area contributed by atoms with E-state index in [0.29, 0.717) is 6.04 Å². The van der Waals surface area contributed by atoms with Crippen LogP contribution in [0.1, 0.15) is 44.3 Å². The van der Waals surface area contributed by atoms with E-state index in [1.165, 1.54) is 41.7 Å². The van der Waals surface area contributed by atoms with Crippen LogP contribution in [0.5, 0.6) is 0 Å². The maximum atomic E-state index is 4.76. The first kappa shape index (κ1) is 10.6. The van der Waals surface area contributed by atoms with Crippen LogP contribution in [-0.2, 0) is 6.42 Å². The minimum absolute atomic E-state index is 0.640. The van der Waals surface area contributed by atoms with Gasteiger partial charge in [0.15, 0.2) is 0 Å². The molecule has 1 aromatic heterocycles. The first-order valence-electron chi connectivity index (χ1n) is 6.32. The van der Waals surface area contributed by atoms with Crippen molar-refractivity contribution in [3.8, 4) is 0 Å². The quantitative estimate of drug-likeness (QED) is 0.857. The van der Waals surface area contributed by atoms with E-state index in [9.17, 15) is 0 Å². The molecule has 0 aromatic carbocycles. The zero-order valence-corrected chi connectivity index (χ0v) is 11.3. The number of hydrogen-bond donors (Lipinski definition) is 1. The van der Waals surface area contributed by atoms with E-state index in [-0.39, 0.29) is 0 Å². The largest absolute Gasteiger partial charge is 0.369 e. The van der Waals surface area contributed by atoms with Crippen LogP contribution in [0, 0.1) is 5.92 Å². The van der Waals surface area contributed by atoms with Gasteiger partial charge < -0.3 is 5.32 Å². The Morgan fingerprint density at radius 1 is 1.44 bits per heavy atom. The summed E-state index contributed by atoms with van der Waals surface area (Å²) in [6.07, 6.45) is 6.41. The highest BCUT2D eigenvalue weighted by molar-refractivity contribution is 9.10. The minimum Gasteiger partial charge on any atom is -0.369 e. The molecule has 3 rings (SSSR count). The van der Waals surface area contributed by atoms with E-state index < -0.39 is 0 Å². The molecule has 1 fully saturated rings. The third kappa shape index (κ3) is 1.50. The lowest BCUT2D eigenvalue weighted by Crippen LogP contribution is -2.35. The highest BCUT2D eigenvalue weighted by atomic mass is 79.9. The minimum atomic E-state index is 0.640. The summed E-state index contributed by atoms with van der Waals surface area (Å²) in [5, 5.41) is 8.30. The molecule has 0 saturated heterocycles. The predicted octanol–water partition coefficient (Wildman–Crippen LogP) is 3.36. The second-order valence-electron chi connectivity index (χ2n) is 4.90. The summed E-state index contributed by atoms with van der Waals surface area (Å²) in [6, 6.07) is 0.640. The van der Waals surface area contributed by atoms with Crippen molar-refractivity contribution < 1.29 is 0 Å². The molecule has 0 bridgehead atoms. The van der Waals surface area contributed by atoms with Crippen molar-refractivity contribution in [2.24, 2.45) is 5.92 Å². The molecule has 1 aliphatic heterocycles. The molecule has 2 unspecified atom stereocenters. The molecule has 2 aliphatic rings. The van der Waals surface area contributed by atoms with Crippen molar-refractivity contribution in [1.29, 1.82) is 0 Å². The number of anilines is 1. The van der Waals surface area contributed by atoms with E-state index in [4.69, 9.17) is 5.10 Å². The first-order valence-corrected chi connectivity index (χ1v) is 7.11. The van der Waals surface area contributed by atoms with Crippen molar-refractivity contribution in [3.05, 3.63) is 10.2 Å². The van der Waals surface area contributed by atoms with Crippen LogP contribution in [-0.4, -0.2) is 16.3 Å².